The Morgan fingerprint density at radius 2 is 1.96 bits per heavy atom. The van der Waals surface area contributed by atoms with Gasteiger partial charge in [0, 0.05) is 44.0 Å². The van der Waals surface area contributed by atoms with Crippen molar-refractivity contribution in [3.05, 3.63) is 29.6 Å². The number of hydrogen-bond acceptors (Lipinski definition) is 3. The summed E-state index contributed by atoms with van der Waals surface area (Å²) < 4.78 is 14.5. The first-order valence-corrected chi connectivity index (χ1v) is 8.71. The van der Waals surface area contributed by atoms with Crippen molar-refractivity contribution >= 4 is 18.1 Å². The lowest BCUT2D eigenvalue weighted by molar-refractivity contribution is 0.266. The van der Waals surface area contributed by atoms with Crippen molar-refractivity contribution in [2.24, 2.45) is 5.41 Å². The van der Waals surface area contributed by atoms with Crippen LogP contribution < -0.4 is 10.2 Å². The Morgan fingerprint density at radius 3 is 2.70 bits per heavy atom. The van der Waals surface area contributed by atoms with E-state index in [0.29, 0.717) is 5.41 Å². The minimum Gasteiger partial charge on any atom is -0.371 e. The van der Waals surface area contributed by atoms with Crippen LogP contribution in [0, 0.1) is 11.2 Å². The molecule has 3 saturated heterocycles. The molecule has 0 radical (unpaired) electrons. The molecule has 5 heteroatoms. The van der Waals surface area contributed by atoms with Crippen molar-refractivity contribution in [3.63, 3.8) is 0 Å². The van der Waals surface area contributed by atoms with Gasteiger partial charge < -0.3 is 10.2 Å². The lowest BCUT2D eigenvalue weighted by atomic mass is 9.86. The zero-order chi connectivity index (χ0) is 15.0. The predicted molar refractivity (Wildman–Crippen MR) is 94.9 cm³/mol. The average molecular weight is 340 g/mol. The lowest BCUT2D eigenvalue weighted by Gasteiger charge is -2.26. The molecule has 3 aliphatic rings. The summed E-state index contributed by atoms with van der Waals surface area (Å²) in [6.07, 6.45) is 5.00. The van der Waals surface area contributed by atoms with Crippen LogP contribution in [0.5, 0.6) is 0 Å². The van der Waals surface area contributed by atoms with Crippen LogP contribution in [0.25, 0.3) is 0 Å². The first-order chi connectivity index (χ1) is 10.8. The molecule has 0 aliphatic carbocycles. The van der Waals surface area contributed by atoms with Gasteiger partial charge in [-0.25, -0.2) is 4.39 Å². The molecular formula is C18H27ClFN3. The summed E-state index contributed by atoms with van der Waals surface area (Å²) in [6.45, 7) is 7.42. The van der Waals surface area contributed by atoms with Gasteiger partial charge in [-0.2, -0.15) is 0 Å². The number of halogens is 2. The van der Waals surface area contributed by atoms with Crippen LogP contribution in [0.4, 0.5) is 10.1 Å². The number of rotatable bonds is 3. The van der Waals surface area contributed by atoms with E-state index in [1.807, 2.05) is 6.07 Å². The molecule has 128 valence electrons. The molecular weight excluding hydrogens is 313 g/mol. The van der Waals surface area contributed by atoms with E-state index < -0.39 is 0 Å². The van der Waals surface area contributed by atoms with Gasteiger partial charge in [0.25, 0.3) is 0 Å². The number of hydrogen-bond donors (Lipinski definition) is 1. The molecule has 1 aromatic rings. The number of anilines is 1. The van der Waals surface area contributed by atoms with Crippen LogP contribution in [-0.2, 0) is 6.54 Å². The highest BCUT2D eigenvalue weighted by Gasteiger charge is 2.40. The zero-order valence-corrected chi connectivity index (χ0v) is 14.5. The van der Waals surface area contributed by atoms with Crippen LogP contribution >= 0.6 is 12.4 Å². The molecule has 3 fully saturated rings. The predicted octanol–water partition coefficient (Wildman–Crippen LogP) is 3.03. The Bertz CT molecular complexity index is 539. The summed E-state index contributed by atoms with van der Waals surface area (Å²) in [7, 11) is 0. The fourth-order valence-corrected chi connectivity index (χ4v) is 4.49. The van der Waals surface area contributed by atoms with Crippen molar-refractivity contribution in [1.29, 1.82) is 0 Å². The molecule has 3 heterocycles. The van der Waals surface area contributed by atoms with Gasteiger partial charge in [0.15, 0.2) is 0 Å². The largest absolute Gasteiger partial charge is 0.371 e. The van der Waals surface area contributed by atoms with Crippen LogP contribution in [0.1, 0.15) is 31.2 Å². The summed E-state index contributed by atoms with van der Waals surface area (Å²) in [6, 6.07) is 5.59. The molecule has 1 spiro atoms. The maximum absolute atomic E-state index is 14.5. The molecule has 0 saturated carbocycles. The molecule has 0 amide bonds. The first kappa shape index (κ1) is 17.0. The van der Waals surface area contributed by atoms with Gasteiger partial charge in [-0.3, -0.25) is 4.90 Å². The molecule has 1 aromatic carbocycles. The van der Waals surface area contributed by atoms with E-state index in [-0.39, 0.29) is 18.2 Å². The molecule has 3 nitrogen and oxygen atoms in total. The van der Waals surface area contributed by atoms with Gasteiger partial charge in [-0.1, -0.05) is 6.07 Å². The van der Waals surface area contributed by atoms with E-state index in [4.69, 9.17) is 0 Å². The number of benzene rings is 1. The molecule has 0 bridgehead atoms. The number of nitrogens with zero attached hydrogens (tertiary/aromatic N) is 2. The second-order valence-corrected chi connectivity index (χ2v) is 7.32. The second kappa shape index (κ2) is 6.96. The smallest absolute Gasteiger partial charge is 0.129 e. The van der Waals surface area contributed by atoms with Crippen molar-refractivity contribution in [2.75, 3.05) is 44.2 Å². The summed E-state index contributed by atoms with van der Waals surface area (Å²) in [5.74, 6) is -0.0325. The Balaban J connectivity index is 0.00000156. The van der Waals surface area contributed by atoms with E-state index in [9.17, 15) is 4.39 Å². The van der Waals surface area contributed by atoms with Gasteiger partial charge in [-0.15, -0.1) is 12.4 Å². The summed E-state index contributed by atoms with van der Waals surface area (Å²) in [4.78, 5) is 4.83. The fraction of sp³-hybridized carbons (Fsp3) is 0.667. The second-order valence-electron chi connectivity index (χ2n) is 7.32. The number of nitrogens with one attached hydrogen (secondary N) is 1. The van der Waals surface area contributed by atoms with Gasteiger partial charge >= 0.3 is 0 Å². The maximum Gasteiger partial charge on any atom is 0.129 e. The molecule has 1 atom stereocenters. The monoisotopic (exact) mass is 339 g/mol. The average Bonchev–Trinajstić information content (AvgIpc) is 3.26. The molecule has 23 heavy (non-hydrogen) atoms. The zero-order valence-electron chi connectivity index (χ0n) is 13.7. The van der Waals surface area contributed by atoms with Gasteiger partial charge in [-0.05, 0) is 56.3 Å². The van der Waals surface area contributed by atoms with Crippen LogP contribution in [0.15, 0.2) is 18.2 Å². The highest BCUT2D eigenvalue weighted by molar-refractivity contribution is 5.85. The Kier molecular flexibility index (Phi) is 5.14. The molecule has 1 unspecified atom stereocenters. The van der Waals surface area contributed by atoms with E-state index in [0.717, 1.165) is 57.1 Å². The highest BCUT2D eigenvalue weighted by atomic mass is 35.5. The van der Waals surface area contributed by atoms with Crippen LogP contribution in [0.3, 0.4) is 0 Å². The Morgan fingerprint density at radius 1 is 1.13 bits per heavy atom. The van der Waals surface area contributed by atoms with E-state index in [1.165, 1.54) is 25.7 Å². The molecule has 4 rings (SSSR count). The van der Waals surface area contributed by atoms with Gasteiger partial charge in [0.2, 0.25) is 0 Å². The lowest BCUT2D eigenvalue weighted by Crippen LogP contribution is -2.30. The van der Waals surface area contributed by atoms with E-state index >= 15 is 0 Å². The van der Waals surface area contributed by atoms with Crippen LogP contribution in [-0.4, -0.2) is 44.2 Å². The minimum absolute atomic E-state index is 0. The summed E-state index contributed by atoms with van der Waals surface area (Å²) in [5, 5.41) is 3.50. The molecule has 3 aliphatic heterocycles. The summed E-state index contributed by atoms with van der Waals surface area (Å²) >= 11 is 0. The van der Waals surface area contributed by atoms with Crippen molar-refractivity contribution in [1.82, 2.24) is 10.2 Å². The van der Waals surface area contributed by atoms with Gasteiger partial charge in [0.1, 0.15) is 5.82 Å². The third-order valence-corrected chi connectivity index (χ3v) is 5.77. The third-order valence-electron chi connectivity index (χ3n) is 5.77. The Hall–Kier alpha value is -0.840. The van der Waals surface area contributed by atoms with Crippen molar-refractivity contribution in [3.8, 4) is 0 Å². The topological polar surface area (TPSA) is 18.5 Å². The molecule has 0 aromatic heterocycles. The molecule has 1 N–H and O–H groups in total. The standard InChI is InChI=1S/C18H26FN3.ClH/c19-16-4-3-5-17(22-9-1-2-10-22)15(16)12-21-11-7-18(14-21)6-8-20-13-18;/h3-5,20H,1-2,6-14H2;1H. The SMILES string of the molecule is Cl.Fc1cccc(N2CCCC2)c1CN1CCC2(CCNC2)C1. The maximum atomic E-state index is 14.5. The van der Waals surface area contributed by atoms with Crippen molar-refractivity contribution < 1.29 is 4.39 Å². The van der Waals surface area contributed by atoms with E-state index in [2.05, 4.69) is 21.2 Å². The summed E-state index contributed by atoms with van der Waals surface area (Å²) in [5.41, 5.74) is 2.49. The normalized spacial score (nSPS) is 27.8. The first-order valence-electron chi connectivity index (χ1n) is 8.71. The minimum atomic E-state index is -0.0325. The van der Waals surface area contributed by atoms with Crippen LogP contribution in [0.2, 0.25) is 0 Å². The number of likely N-dealkylation sites (tertiary alicyclic amines) is 1. The van der Waals surface area contributed by atoms with E-state index in [1.54, 1.807) is 6.07 Å². The highest BCUT2D eigenvalue weighted by Crippen LogP contribution is 2.37. The quantitative estimate of drug-likeness (QED) is 0.913. The fourth-order valence-electron chi connectivity index (χ4n) is 4.49. The van der Waals surface area contributed by atoms with Gasteiger partial charge in [0.05, 0.1) is 0 Å². The Labute approximate surface area is 144 Å². The van der Waals surface area contributed by atoms with Crippen molar-refractivity contribution in [2.45, 2.75) is 32.2 Å². The third kappa shape index (κ3) is 3.35.